The number of nitrogens with one attached hydrogen (secondary N) is 1. The Morgan fingerprint density at radius 1 is 1.23 bits per heavy atom. The lowest BCUT2D eigenvalue weighted by Crippen LogP contribution is -2.44. The van der Waals surface area contributed by atoms with Gasteiger partial charge < -0.3 is 19.5 Å². The third-order valence-electron chi connectivity index (χ3n) is 6.84. The number of hydrogen-bond acceptors (Lipinski definition) is 8. The Labute approximate surface area is 205 Å². The fraction of sp³-hybridized carbons (Fsp3) is 0.500. The highest BCUT2D eigenvalue weighted by molar-refractivity contribution is 7.93. The second kappa shape index (κ2) is 9.54. The van der Waals surface area contributed by atoms with Crippen molar-refractivity contribution in [3.8, 4) is 11.4 Å². The second-order valence-electron chi connectivity index (χ2n) is 9.28. The summed E-state index contributed by atoms with van der Waals surface area (Å²) in [5.41, 5.74) is 1.60. The van der Waals surface area contributed by atoms with Crippen LogP contribution < -0.4 is 4.90 Å². The number of carbonyl (C=O) groups is 1. The Morgan fingerprint density at radius 2 is 2.03 bits per heavy atom. The Balaban J connectivity index is 1.57. The number of likely N-dealkylation sites (tertiary alicyclic amines) is 1. The minimum absolute atomic E-state index is 0.0566. The van der Waals surface area contributed by atoms with Gasteiger partial charge in [-0.1, -0.05) is 0 Å². The van der Waals surface area contributed by atoms with E-state index in [1.54, 1.807) is 24.3 Å². The number of aromatic amines is 1. The highest BCUT2D eigenvalue weighted by atomic mass is 32.2. The van der Waals surface area contributed by atoms with E-state index in [9.17, 15) is 9.00 Å². The molecule has 35 heavy (non-hydrogen) atoms. The summed E-state index contributed by atoms with van der Waals surface area (Å²) in [5.74, 6) is 1.73. The number of pyridine rings is 1. The Bertz CT molecular complexity index is 1360. The molecule has 3 aromatic heterocycles. The van der Waals surface area contributed by atoms with Gasteiger partial charge >= 0.3 is 0 Å². The molecule has 2 aliphatic rings. The maximum Gasteiger partial charge on any atom is 0.219 e. The number of fused-ring (bicyclic) bond motifs is 1. The van der Waals surface area contributed by atoms with Crippen molar-refractivity contribution < 1.29 is 13.7 Å². The van der Waals surface area contributed by atoms with E-state index in [-0.39, 0.29) is 17.2 Å². The number of rotatable bonds is 4. The Hall–Kier alpha value is -3.05. The highest BCUT2D eigenvalue weighted by Gasteiger charge is 2.28. The van der Waals surface area contributed by atoms with E-state index >= 15 is 0 Å². The van der Waals surface area contributed by atoms with Gasteiger partial charge in [-0.15, -0.1) is 0 Å². The minimum Gasteiger partial charge on any atom is -0.377 e. The first-order valence-corrected chi connectivity index (χ1v) is 13.9. The molecule has 1 N–H and O–H groups in total. The molecule has 0 aromatic carbocycles. The summed E-state index contributed by atoms with van der Waals surface area (Å²) in [5, 5.41) is 0.819. The molecule has 186 valence electrons. The number of nitrogens with zero attached hydrogens (tertiary/aromatic N) is 6. The molecule has 2 fully saturated rings. The molecule has 11 heteroatoms. The number of morpholine rings is 1. The van der Waals surface area contributed by atoms with Gasteiger partial charge in [0.25, 0.3) is 0 Å². The van der Waals surface area contributed by atoms with E-state index in [2.05, 4.69) is 21.8 Å². The molecule has 2 aliphatic heterocycles. The first kappa shape index (κ1) is 23.7. The molecule has 3 aromatic rings. The van der Waals surface area contributed by atoms with Crippen LogP contribution in [-0.2, 0) is 19.3 Å². The molecule has 0 aliphatic carbocycles. The maximum atomic E-state index is 13.8. The van der Waals surface area contributed by atoms with Crippen LogP contribution >= 0.6 is 0 Å². The summed E-state index contributed by atoms with van der Waals surface area (Å²) in [4.78, 5) is 32.9. The van der Waals surface area contributed by atoms with Gasteiger partial charge in [0.1, 0.15) is 11.5 Å². The second-order valence-corrected chi connectivity index (χ2v) is 11.9. The predicted octanol–water partition coefficient (Wildman–Crippen LogP) is 2.99. The molecule has 0 bridgehead atoms. The van der Waals surface area contributed by atoms with Crippen LogP contribution in [0.25, 0.3) is 22.4 Å². The standard InChI is InChI=1S/C24H31N7O3S/c1-16-15-34-13-12-31(16)22-14-21(29-35(3,33)18-6-10-30(11-7-18)17(2)32)27-24(28-22)20-5-9-26-23-19(20)4-8-25-23/h4-5,8-9,14,16,18H,6-7,10-13,15H2,1-3H3,(H,25,26)/t16-,35?/m1/s1. The summed E-state index contributed by atoms with van der Waals surface area (Å²) < 4.78 is 24.1. The topological polar surface area (TPSA) is 117 Å². The van der Waals surface area contributed by atoms with Gasteiger partial charge in [0, 0.05) is 67.5 Å². The molecule has 5 heterocycles. The SMILES string of the molecule is CC(=O)N1CCC(S(C)(=O)=Nc2cc(N3CCOC[C@H]3C)nc(-c3ccnc4[nH]ccc34)n2)CC1. The van der Waals surface area contributed by atoms with Crippen LogP contribution in [0.2, 0.25) is 0 Å². The van der Waals surface area contributed by atoms with E-state index in [0.29, 0.717) is 57.3 Å². The van der Waals surface area contributed by atoms with Gasteiger partial charge in [-0.05, 0) is 31.9 Å². The number of hydrogen-bond donors (Lipinski definition) is 1. The number of ether oxygens (including phenoxy) is 1. The average Bonchev–Trinajstić information content (AvgIpc) is 3.33. The van der Waals surface area contributed by atoms with E-state index in [0.717, 1.165) is 22.4 Å². The van der Waals surface area contributed by atoms with Gasteiger partial charge in [0.15, 0.2) is 11.6 Å². The lowest BCUT2D eigenvalue weighted by atomic mass is 10.1. The number of H-pyrrole nitrogens is 1. The maximum absolute atomic E-state index is 13.8. The van der Waals surface area contributed by atoms with Crippen LogP contribution in [0, 0.1) is 0 Å². The molecular weight excluding hydrogens is 466 g/mol. The van der Waals surface area contributed by atoms with E-state index in [1.165, 1.54) is 0 Å². The molecule has 0 spiro atoms. The molecule has 2 atom stereocenters. The van der Waals surface area contributed by atoms with E-state index in [4.69, 9.17) is 19.1 Å². The number of piperidine rings is 1. The lowest BCUT2D eigenvalue weighted by Gasteiger charge is -2.34. The van der Waals surface area contributed by atoms with E-state index < -0.39 is 9.73 Å². The third kappa shape index (κ3) is 4.87. The summed E-state index contributed by atoms with van der Waals surface area (Å²) in [6, 6.07) is 5.82. The van der Waals surface area contributed by atoms with E-state index in [1.807, 2.05) is 24.4 Å². The van der Waals surface area contributed by atoms with Gasteiger partial charge in [0.05, 0.1) is 29.0 Å². The molecule has 0 saturated carbocycles. The zero-order chi connectivity index (χ0) is 24.6. The predicted molar refractivity (Wildman–Crippen MR) is 136 cm³/mol. The van der Waals surface area contributed by atoms with Gasteiger partial charge in [-0.3, -0.25) is 4.79 Å². The van der Waals surface area contributed by atoms with Crippen LogP contribution in [0.15, 0.2) is 35.0 Å². The van der Waals surface area contributed by atoms with Gasteiger partial charge in [0.2, 0.25) is 5.91 Å². The van der Waals surface area contributed by atoms with Crippen LogP contribution in [-0.4, -0.2) is 85.3 Å². The van der Waals surface area contributed by atoms with Crippen molar-refractivity contribution in [2.75, 3.05) is 44.0 Å². The molecule has 10 nitrogen and oxygen atoms in total. The molecule has 1 unspecified atom stereocenters. The minimum atomic E-state index is -2.59. The van der Waals surface area contributed by atoms with Crippen molar-refractivity contribution in [1.29, 1.82) is 0 Å². The number of amides is 1. The Morgan fingerprint density at radius 3 is 2.77 bits per heavy atom. The number of carbonyl (C=O) groups excluding carboxylic acids is 1. The normalized spacial score (nSPS) is 21.2. The monoisotopic (exact) mass is 497 g/mol. The van der Waals surface area contributed by atoms with Crippen LogP contribution in [0.3, 0.4) is 0 Å². The largest absolute Gasteiger partial charge is 0.377 e. The van der Waals surface area contributed by atoms with Crippen molar-refractivity contribution in [2.45, 2.75) is 38.0 Å². The molecule has 2 saturated heterocycles. The quantitative estimate of drug-likeness (QED) is 0.589. The first-order chi connectivity index (χ1) is 16.8. The number of anilines is 1. The summed E-state index contributed by atoms with van der Waals surface area (Å²) in [7, 11) is -2.59. The number of aromatic nitrogens is 4. The van der Waals surface area contributed by atoms with Crippen LogP contribution in [0.1, 0.15) is 26.7 Å². The molecule has 1 amide bonds. The third-order valence-corrected chi connectivity index (χ3v) is 9.10. The van der Waals surface area contributed by atoms with Crippen molar-refractivity contribution in [2.24, 2.45) is 4.36 Å². The zero-order valence-electron chi connectivity index (χ0n) is 20.3. The zero-order valence-corrected chi connectivity index (χ0v) is 21.1. The van der Waals surface area contributed by atoms with Gasteiger partial charge in [-0.25, -0.2) is 19.2 Å². The summed E-state index contributed by atoms with van der Waals surface area (Å²) in [6.45, 7) is 6.82. The van der Waals surface area contributed by atoms with Crippen molar-refractivity contribution in [3.63, 3.8) is 0 Å². The fourth-order valence-corrected chi connectivity index (χ4v) is 6.53. The van der Waals surface area contributed by atoms with Gasteiger partial charge in [-0.2, -0.15) is 4.36 Å². The van der Waals surface area contributed by atoms with Crippen LogP contribution in [0.5, 0.6) is 0 Å². The molecule has 0 radical (unpaired) electrons. The Kier molecular flexibility index (Phi) is 6.45. The van der Waals surface area contributed by atoms with Crippen molar-refractivity contribution >= 4 is 38.3 Å². The molecular formula is C24H31N7O3S. The average molecular weight is 498 g/mol. The summed E-state index contributed by atoms with van der Waals surface area (Å²) >= 11 is 0. The highest BCUT2D eigenvalue weighted by Crippen LogP contribution is 2.31. The smallest absolute Gasteiger partial charge is 0.219 e. The van der Waals surface area contributed by atoms with Crippen LogP contribution in [0.4, 0.5) is 11.6 Å². The lowest BCUT2D eigenvalue weighted by molar-refractivity contribution is -0.129. The summed E-state index contributed by atoms with van der Waals surface area (Å²) in [6.07, 6.45) is 6.60. The van der Waals surface area contributed by atoms with Crippen molar-refractivity contribution in [3.05, 3.63) is 30.6 Å². The van der Waals surface area contributed by atoms with Crippen molar-refractivity contribution in [1.82, 2.24) is 24.8 Å². The molecule has 5 rings (SSSR count). The first-order valence-electron chi connectivity index (χ1n) is 11.9. The fourth-order valence-electron chi connectivity index (χ4n) is 4.83.